The van der Waals surface area contributed by atoms with Gasteiger partial charge in [-0.1, -0.05) is 48.0 Å². The smallest absolute Gasteiger partial charge is 0.407 e. The van der Waals surface area contributed by atoms with Crippen molar-refractivity contribution in [1.29, 1.82) is 0 Å². The predicted octanol–water partition coefficient (Wildman–Crippen LogP) is 4.52. The van der Waals surface area contributed by atoms with Crippen LogP contribution in [0.1, 0.15) is 38.3 Å². The first-order valence-electron chi connectivity index (χ1n) is 10.2. The van der Waals surface area contributed by atoms with Crippen molar-refractivity contribution in [2.24, 2.45) is 0 Å². The Hall–Kier alpha value is -3.32. The molecule has 0 radical (unpaired) electrons. The van der Waals surface area contributed by atoms with Crippen molar-refractivity contribution >= 4 is 41.3 Å². The first-order chi connectivity index (χ1) is 15.1. The van der Waals surface area contributed by atoms with Crippen LogP contribution in [-0.4, -0.2) is 30.1 Å². The van der Waals surface area contributed by atoms with Crippen LogP contribution in [-0.2, 0) is 20.9 Å². The Morgan fingerprint density at radius 3 is 2.41 bits per heavy atom. The van der Waals surface area contributed by atoms with Crippen molar-refractivity contribution < 1.29 is 19.1 Å². The third-order valence-corrected chi connectivity index (χ3v) is 4.43. The first kappa shape index (κ1) is 24.9. The summed E-state index contributed by atoms with van der Waals surface area (Å²) in [6, 6.07) is 14.4. The van der Waals surface area contributed by atoms with Gasteiger partial charge >= 0.3 is 6.09 Å². The van der Waals surface area contributed by atoms with Crippen LogP contribution >= 0.6 is 11.6 Å². The van der Waals surface area contributed by atoms with Gasteiger partial charge < -0.3 is 20.7 Å². The number of amides is 3. The van der Waals surface area contributed by atoms with Crippen molar-refractivity contribution in [3.8, 4) is 0 Å². The zero-order valence-electron chi connectivity index (χ0n) is 18.4. The fourth-order valence-electron chi connectivity index (χ4n) is 2.62. The van der Waals surface area contributed by atoms with Gasteiger partial charge in [0.15, 0.2) is 0 Å². The van der Waals surface area contributed by atoms with E-state index >= 15 is 0 Å². The van der Waals surface area contributed by atoms with Crippen LogP contribution in [0.5, 0.6) is 0 Å². The van der Waals surface area contributed by atoms with E-state index in [1.165, 1.54) is 6.08 Å². The number of carbonyl (C=O) groups excluding carboxylic acids is 3. The molecule has 0 aliphatic rings. The van der Waals surface area contributed by atoms with Crippen molar-refractivity contribution in [3.63, 3.8) is 0 Å². The summed E-state index contributed by atoms with van der Waals surface area (Å²) >= 11 is 6.08. The quantitative estimate of drug-likeness (QED) is 0.507. The van der Waals surface area contributed by atoms with Crippen molar-refractivity contribution in [1.82, 2.24) is 10.6 Å². The molecule has 0 aromatic heterocycles. The summed E-state index contributed by atoms with van der Waals surface area (Å²) in [6.45, 7) is 5.68. The van der Waals surface area contributed by atoms with Crippen LogP contribution in [0.3, 0.4) is 0 Å². The molecule has 32 heavy (non-hydrogen) atoms. The van der Waals surface area contributed by atoms with Gasteiger partial charge in [-0.25, -0.2) is 4.79 Å². The van der Waals surface area contributed by atoms with Gasteiger partial charge in [0.05, 0.1) is 0 Å². The summed E-state index contributed by atoms with van der Waals surface area (Å²) in [7, 11) is 0. The molecule has 0 unspecified atom stereocenters. The highest BCUT2D eigenvalue weighted by Crippen LogP contribution is 2.17. The van der Waals surface area contributed by atoms with E-state index in [1.54, 1.807) is 45.0 Å². The number of alkyl carbamates (subject to hydrolysis) is 1. The molecule has 0 saturated heterocycles. The number of para-hydroxylation sites is 1. The standard InChI is InChI=1S/C24H28ClN3O4/c1-24(2,3)32-23(31)26-15-14-22(30)28-20-11-7-5-9-18(20)16-27-21(29)13-12-17-8-4-6-10-19(17)25/h4-13H,14-16H2,1-3H3,(H,26,31)(H,27,29)(H,28,30)/b13-12+. The Morgan fingerprint density at radius 1 is 1.00 bits per heavy atom. The van der Waals surface area contributed by atoms with Gasteiger partial charge in [-0.15, -0.1) is 0 Å². The number of carbonyl (C=O) groups is 3. The summed E-state index contributed by atoms with van der Waals surface area (Å²) < 4.78 is 5.13. The number of rotatable bonds is 8. The molecule has 0 bridgehead atoms. The van der Waals surface area contributed by atoms with Gasteiger partial charge in [-0.05, 0) is 50.1 Å². The molecular weight excluding hydrogens is 430 g/mol. The Labute approximate surface area is 193 Å². The number of anilines is 1. The molecule has 0 atom stereocenters. The first-order valence-corrected chi connectivity index (χ1v) is 10.6. The Kier molecular flexibility index (Phi) is 9.28. The molecule has 3 N–H and O–H groups in total. The van der Waals surface area contributed by atoms with Gasteiger partial charge in [-0.3, -0.25) is 9.59 Å². The van der Waals surface area contributed by atoms with Gasteiger partial charge in [0.2, 0.25) is 11.8 Å². The van der Waals surface area contributed by atoms with Gasteiger partial charge in [0.1, 0.15) is 5.60 Å². The number of hydrogen-bond acceptors (Lipinski definition) is 4. The van der Waals surface area contributed by atoms with Crippen molar-refractivity contribution in [2.75, 3.05) is 11.9 Å². The van der Waals surface area contributed by atoms with E-state index in [9.17, 15) is 14.4 Å². The SMILES string of the molecule is CC(C)(C)OC(=O)NCCC(=O)Nc1ccccc1CNC(=O)/C=C/c1ccccc1Cl. The van der Waals surface area contributed by atoms with Crippen LogP contribution in [0, 0.1) is 0 Å². The maximum Gasteiger partial charge on any atom is 0.407 e. The minimum absolute atomic E-state index is 0.0838. The summed E-state index contributed by atoms with van der Waals surface area (Å²) in [5, 5.41) is 8.70. The average molecular weight is 458 g/mol. The third kappa shape index (κ3) is 9.22. The number of benzene rings is 2. The highest BCUT2D eigenvalue weighted by molar-refractivity contribution is 6.32. The van der Waals surface area contributed by atoms with Crippen molar-refractivity contribution in [3.05, 3.63) is 70.8 Å². The van der Waals surface area contributed by atoms with Crippen LogP contribution in [0.25, 0.3) is 6.08 Å². The van der Waals surface area contributed by atoms with Crippen LogP contribution in [0.2, 0.25) is 5.02 Å². The highest BCUT2D eigenvalue weighted by atomic mass is 35.5. The number of halogens is 1. The summed E-state index contributed by atoms with van der Waals surface area (Å²) in [4.78, 5) is 36.1. The largest absolute Gasteiger partial charge is 0.444 e. The van der Waals surface area contributed by atoms with E-state index in [0.717, 1.165) is 11.1 Å². The molecule has 8 heteroatoms. The summed E-state index contributed by atoms with van der Waals surface area (Å²) in [6.07, 6.45) is 2.56. The maximum atomic E-state index is 12.2. The number of nitrogens with one attached hydrogen (secondary N) is 3. The van der Waals surface area contributed by atoms with E-state index < -0.39 is 11.7 Å². The molecule has 3 amide bonds. The van der Waals surface area contributed by atoms with Crippen LogP contribution < -0.4 is 16.0 Å². The summed E-state index contributed by atoms with van der Waals surface area (Å²) in [5.74, 6) is -0.550. The lowest BCUT2D eigenvalue weighted by Crippen LogP contribution is -2.34. The maximum absolute atomic E-state index is 12.2. The highest BCUT2D eigenvalue weighted by Gasteiger charge is 2.16. The monoisotopic (exact) mass is 457 g/mol. The van der Waals surface area contributed by atoms with E-state index in [4.69, 9.17) is 16.3 Å². The zero-order chi connectivity index (χ0) is 23.6. The Bertz CT molecular complexity index is 983. The predicted molar refractivity (Wildman–Crippen MR) is 126 cm³/mol. The molecule has 2 aromatic carbocycles. The van der Waals surface area contributed by atoms with Crippen LogP contribution in [0.15, 0.2) is 54.6 Å². The fourth-order valence-corrected chi connectivity index (χ4v) is 2.82. The van der Waals surface area contributed by atoms with E-state index in [2.05, 4.69) is 16.0 Å². The second-order valence-electron chi connectivity index (χ2n) is 7.96. The average Bonchev–Trinajstić information content (AvgIpc) is 2.71. The Morgan fingerprint density at radius 2 is 1.69 bits per heavy atom. The minimum Gasteiger partial charge on any atom is -0.444 e. The molecule has 0 aliphatic carbocycles. The molecular formula is C24H28ClN3O4. The lowest BCUT2D eigenvalue weighted by atomic mass is 10.1. The summed E-state index contributed by atoms with van der Waals surface area (Å²) in [5.41, 5.74) is 1.49. The van der Waals surface area contributed by atoms with Crippen molar-refractivity contribution in [2.45, 2.75) is 39.3 Å². The molecule has 2 rings (SSSR count). The second kappa shape index (κ2) is 11.9. The molecule has 0 fully saturated rings. The third-order valence-electron chi connectivity index (χ3n) is 4.08. The Balaban J connectivity index is 1.84. The van der Waals surface area contributed by atoms with E-state index in [-0.39, 0.29) is 31.3 Å². The molecule has 0 aliphatic heterocycles. The normalized spacial score (nSPS) is 11.1. The van der Waals surface area contributed by atoms with Gasteiger partial charge in [-0.2, -0.15) is 0 Å². The lowest BCUT2D eigenvalue weighted by Gasteiger charge is -2.19. The lowest BCUT2D eigenvalue weighted by molar-refractivity contribution is -0.117. The minimum atomic E-state index is -0.599. The fraction of sp³-hybridized carbons (Fsp3) is 0.292. The molecule has 7 nitrogen and oxygen atoms in total. The molecule has 0 heterocycles. The van der Waals surface area contributed by atoms with Gasteiger partial charge in [0.25, 0.3) is 0 Å². The van der Waals surface area contributed by atoms with Crippen LogP contribution in [0.4, 0.5) is 10.5 Å². The topological polar surface area (TPSA) is 96.5 Å². The number of ether oxygens (including phenoxy) is 1. The van der Waals surface area contributed by atoms with Gasteiger partial charge in [0, 0.05) is 36.3 Å². The molecule has 0 saturated carbocycles. The second-order valence-corrected chi connectivity index (χ2v) is 8.36. The molecule has 170 valence electrons. The molecule has 2 aromatic rings. The zero-order valence-corrected chi connectivity index (χ0v) is 19.2. The van der Waals surface area contributed by atoms with E-state index in [1.807, 2.05) is 30.3 Å². The number of hydrogen-bond donors (Lipinski definition) is 3. The molecule has 0 spiro atoms. The van der Waals surface area contributed by atoms with E-state index in [0.29, 0.717) is 10.7 Å².